The first-order valence-electron chi connectivity index (χ1n) is 6.29. The summed E-state index contributed by atoms with van der Waals surface area (Å²) < 4.78 is 0.705. The number of nitrogens with one attached hydrogen (secondary N) is 1. The molecule has 0 aliphatic carbocycles. The fraction of sp³-hybridized carbons (Fsp3) is 0.200. The molecule has 2 aromatic rings. The first-order chi connectivity index (χ1) is 9.88. The third kappa shape index (κ3) is 3.74. The van der Waals surface area contributed by atoms with Gasteiger partial charge in [-0.2, -0.15) is 0 Å². The normalized spacial score (nSPS) is 10.3. The molecule has 0 saturated heterocycles. The van der Waals surface area contributed by atoms with Crippen LogP contribution >= 0.6 is 27.5 Å². The van der Waals surface area contributed by atoms with Gasteiger partial charge in [0.25, 0.3) is 5.91 Å². The molecule has 0 bridgehead atoms. The molecule has 110 valence electrons. The molecule has 6 heteroatoms. The van der Waals surface area contributed by atoms with Crippen LogP contribution in [0.5, 0.6) is 0 Å². The molecule has 1 N–H and O–H groups in total. The summed E-state index contributed by atoms with van der Waals surface area (Å²) in [5.74, 6) is -0.283. The topological polar surface area (TPSA) is 45.2 Å². The number of carbonyl (C=O) groups excluding carboxylic acids is 1. The fourth-order valence-corrected chi connectivity index (χ4v) is 2.36. The van der Waals surface area contributed by atoms with Crippen molar-refractivity contribution in [2.75, 3.05) is 24.3 Å². The maximum atomic E-state index is 12.3. The highest BCUT2D eigenvalue weighted by atomic mass is 79.9. The van der Waals surface area contributed by atoms with Crippen molar-refractivity contribution in [3.05, 3.63) is 51.2 Å². The van der Waals surface area contributed by atoms with Gasteiger partial charge >= 0.3 is 0 Å². The number of pyridine rings is 1. The van der Waals surface area contributed by atoms with Crippen LogP contribution in [0.25, 0.3) is 0 Å². The third-order valence-electron chi connectivity index (χ3n) is 3.02. The summed E-state index contributed by atoms with van der Waals surface area (Å²) >= 11 is 9.25. The lowest BCUT2D eigenvalue weighted by molar-refractivity contribution is 0.102. The average Bonchev–Trinajstić information content (AvgIpc) is 2.43. The van der Waals surface area contributed by atoms with E-state index in [1.54, 1.807) is 12.3 Å². The first kappa shape index (κ1) is 15.8. The van der Waals surface area contributed by atoms with Gasteiger partial charge in [-0.05, 0) is 52.7 Å². The van der Waals surface area contributed by atoms with Gasteiger partial charge in [0.15, 0.2) is 0 Å². The van der Waals surface area contributed by atoms with Crippen molar-refractivity contribution in [1.29, 1.82) is 0 Å². The van der Waals surface area contributed by atoms with E-state index < -0.39 is 0 Å². The van der Waals surface area contributed by atoms with Crippen molar-refractivity contribution < 1.29 is 4.79 Å². The Balaban J connectivity index is 2.25. The number of carbonyl (C=O) groups is 1. The Morgan fingerprint density at radius 1 is 1.33 bits per heavy atom. The molecule has 1 aromatic carbocycles. The number of aryl methyl sites for hydroxylation is 1. The lowest BCUT2D eigenvalue weighted by Gasteiger charge is -2.15. The van der Waals surface area contributed by atoms with E-state index in [1.165, 1.54) is 0 Å². The van der Waals surface area contributed by atoms with Crippen molar-refractivity contribution in [1.82, 2.24) is 4.98 Å². The van der Waals surface area contributed by atoms with Crippen molar-refractivity contribution in [3.63, 3.8) is 0 Å². The zero-order valence-electron chi connectivity index (χ0n) is 11.9. The minimum Gasteiger partial charge on any atom is -0.378 e. The number of aromatic nitrogens is 1. The van der Waals surface area contributed by atoms with Gasteiger partial charge in [0.1, 0.15) is 5.15 Å². The second kappa shape index (κ2) is 6.45. The van der Waals surface area contributed by atoms with Crippen LogP contribution in [0.4, 0.5) is 11.4 Å². The number of hydrogen-bond donors (Lipinski definition) is 1. The first-order valence-corrected chi connectivity index (χ1v) is 7.46. The molecular formula is C15H15BrClN3O. The average molecular weight is 369 g/mol. The Bertz CT molecular complexity index is 689. The highest BCUT2D eigenvalue weighted by molar-refractivity contribution is 9.10. The van der Waals surface area contributed by atoms with Crippen molar-refractivity contribution >= 4 is 44.8 Å². The Morgan fingerprint density at radius 2 is 2.05 bits per heavy atom. The summed E-state index contributed by atoms with van der Waals surface area (Å²) in [7, 11) is 3.94. The SMILES string of the molecule is Cc1cc(N(C)C)ccc1NC(=O)c1cc(Br)cnc1Cl. The fourth-order valence-electron chi connectivity index (χ4n) is 1.84. The van der Waals surface area contributed by atoms with E-state index in [1.807, 2.05) is 44.1 Å². The quantitative estimate of drug-likeness (QED) is 0.829. The van der Waals surface area contributed by atoms with Gasteiger partial charge in [-0.1, -0.05) is 11.6 Å². The standard InChI is InChI=1S/C15H15BrClN3O/c1-9-6-11(20(2)3)4-5-13(9)19-15(21)12-7-10(16)8-18-14(12)17/h4-8H,1-3H3,(H,19,21). The molecule has 0 fully saturated rings. The molecule has 2 rings (SSSR count). The van der Waals surface area contributed by atoms with Crippen molar-refractivity contribution in [2.24, 2.45) is 0 Å². The van der Waals surface area contributed by atoms with Crippen LogP contribution in [0.1, 0.15) is 15.9 Å². The van der Waals surface area contributed by atoms with Gasteiger partial charge in [-0.15, -0.1) is 0 Å². The van der Waals surface area contributed by atoms with Crippen molar-refractivity contribution in [3.8, 4) is 0 Å². The largest absolute Gasteiger partial charge is 0.378 e. The van der Waals surface area contributed by atoms with Gasteiger partial charge < -0.3 is 10.2 Å². The van der Waals surface area contributed by atoms with Gasteiger partial charge in [0.2, 0.25) is 0 Å². The van der Waals surface area contributed by atoms with Gasteiger partial charge in [0, 0.05) is 36.1 Å². The van der Waals surface area contributed by atoms with E-state index in [-0.39, 0.29) is 11.1 Å². The number of hydrogen-bond acceptors (Lipinski definition) is 3. The van der Waals surface area contributed by atoms with Crippen LogP contribution in [0, 0.1) is 6.92 Å². The van der Waals surface area contributed by atoms with E-state index in [0.29, 0.717) is 10.0 Å². The summed E-state index contributed by atoms with van der Waals surface area (Å²) in [6, 6.07) is 7.48. The summed E-state index contributed by atoms with van der Waals surface area (Å²) in [5, 5.41) is 3.04. The number of nitrogens with zero attached hydrogens (tertiary/aromatic N) is 2. The maximum absolute atomic E-state index is 12.3. The summed E-state index contributed by atoms with van der Waals surface area (Å²) in [6.07, 6.45) is 1.55. The zero-order chi connectivity index (χ0) is 15.6. The summed E-state index contributed by atoms with van der Waals surface area (Å²) in [4.78, 5) is 18.3. The van der Waals surface area contributed by atoms with E-state index in [9.17, 15) is 4.79 Å². The molecule has 0 saturated carbocycles. The predicted octanol–water partition coefficient (Wildman–Crippen LogP) is 4.12. The second-order valence-electron chi connectivity index (χ2n) is 4.84. The molecule has 1 heterocycles. The van der Waals surface area contributed by atoms with E-state index in [2.05, 4.69) is 26.2 Å². The number of halogens is 2. The lowest BCUT2D eigenvalue weighted by Crippen LogP contribution is -2.14. The Hall–Kier alpha value is -1.59. The number of amides is 1. The molecule has 0 radical (unpaired) electrons. The maximum Gasteiger partial charge on any atom is 0.258 e. The lowest BCUT2D eigenvalue weighted by atomic mass is 10.1. The number of anilines is 2. The van der Waals surface area contributed by atoms with E-state index in [0.717, 1.165) is 16.9 Å². The predicted molar refractivity (Wildman–Crippen MR) is 90.4 cm³/mol. The summed E-state index contributed by atoms with van der Waals surface area (Å²) in [6.45, 7) is 1.95. The minimum atomic E-state index is -0.283. The van der Waals surface area contributed by atoms with E-state index in [4.69, 9.17) is 11.6 Å². The van der Waals surface area contributed by atoms with Gasteiger partial charge in [-0.25, -0.2) is 4.98 Å². The number of benzene rings is 1. The monoisotopic (exact) mass is 367 g/mol. The van der Waals surface area contributed by atoms with Crippen LogP contribution in [0.2, 0.25) is 5.15 Å². The Kier molecular flexibility index (Phi) is 4.85. The van der Waals surface area contributed by atoms with E-state index >= 15 is 0 Å². The highest BCUT2D eigenvalue weighted by Crippen LogP contribution is 2.24. The Labute approximate surface area is 137 Å². The zero-order valence-corrected chi connectivity index (χ0v) is 14.3. The molecule has 0 spiro atoms. The van der Waals surface area contributed by atoms with Crippen molar-refractivity contribution in [2.45, 2.75) is 6.92 Å². The molecule has 0 atom stereocenters. The molecule has 1 aromatic heterocycles. The Morgan fingerprint density at radius 3 is 2.67 bits per heavy atom. The van der Waals surface area contributed by atoms with Crippen LogP contribution < -0.4 is 10.2 Å². The van der Waals surface area contributed by atoms with Gasteiger partial charge in [-0.3, -0.25) is 4.79 Å². The van der Waals surface area contributed by atoms with Gasteiger partial charge in [0.05, 0.1) is 5.56 Å². The smallest absolute Gasteiger partial charge is 0.258 e. The van der Waals surface area contributed by atoms with Crippen LogP contribution in [-0.2, 0) is 0 Å². The molecule has 21 heavy (non-hydrogen) atoms. The van der Waals surface area contributed by atoms with Crippen LogP contribution in [0.15, 0.2) is 34.9 Å². The molecule has 0 aliphatic heterocycles. The van der Waals surface area contributed by atoms with Crippen LogP contribution in [-0.4, -0.2) is 25.0 Å². The minimum absolute atomic E-state index is 0.179. The third-order valence-corrected chi connectivity index (χ3v) is 3.76. The molecule has 4 nitrogen and oxygen atoms in total. The molecule has 1 amide bonds. The van der Waals surface area contributed by atoms with Crippen LogP contribution in [0.3, 0.4) is 0 Å². The molecule has 0 unspecified atom stereocenters. The highest BCUT2D eigenvalue weighted by Gasteiger charge is 2.13. The number of rotatable bonds is 3. The molecular weight excluding hydrogens is 354 g/mol. The summed E-state index contributed by atoms with van der Waals surface area (Å²) in [5.41, 5.74) is 3.14. The second-order valence-corrected chi connectivity index (χ2v) is 6.11. The molecule has 0 aliphatic rings.